The monoisotopic (exact) mass is 323 g/mol. The number of benzene rings is 1. The minimum atomic E-state index is -0.376. The molecule has 1 amide bonds. The highest BCUT2D eigenvalue weighted by Gasteiger charge is 2.08. The molecule has 0 spiro atoms. The van der Waals surface area contributed by atoms with E-state index in [-0.39, 0.29) is 11.7 Å². The van der Waals surface area contributed by atoms with E-state index in [4.69, 9.17) is 0 Å². The predicted octanol–water partition coefficient (Wildman–Crippen LogP) is 3.28. The van der Waals surface area contributed by atoms with Crippen LogP contribution in [0.15, 0.2) is 41.0 Å². The van der Waals surface area contributed by atoms with Crippen LogP contribution in [0, 0.1) is 5.82 Å². The molecule has 0 fully saturated rings. The molecule has 0 aliphatic carbocycles. The largest absolute Gasteiger partial charge is 0.373 e. The molecular formula is C13H11BrFN3O. The minimum absolute atomic E-state index is 0.280. The third kappa shape index (κ3) is 3.29. The molecule has 2 N–H and O–H groups in total. The van der Waals surface area contributed by atoms with Gasteiger partial charge in [-0.3, -0.25) is 4.79 Å². The van der Waals surface area contributed by atoms with Gasteiger partial charge < -0.3 is 10.6 Å². The van der Waals surface area contributed by atoms with Crippen molar-refractivity contribution in [1.82, 2.24) is 4.98 Å². The SMILES string of the molecule is CNc1cc(C(=O)Nc2ccc(F)c(Br)c2)ccn1. The van der Waals surface area contributed by atoms with E-state index >= 15 is 0 Å². The van der Waals surface area contributed by atoms with Crippen LogP contribution in [0.3, 0.4) is 0 Å². The average Bonchev–Trinajstić information content (AvgIpc) is 2.43. The number of amides is 1. The van der Waals surface area contributed by atoms with Crippen molar-refractivity contribution in [3.05, 3.63) is 52.4 Å². The highest BCUT2D eigenvalue weighted by atomic mass is 79.9. The number of carbonyl (C=O) groups excluding carboxylic acids is 1. The average molecular weight is 324 g/mol. The summed E-state index contributed by atoms with van der Waals surface area (Å²) in [6.07, 6.45) is 1.54. The van der Waals surface area contributed by atoms with Crippen LogP contribution in [0.5, 0.6) is 0 Å². The van der Waals surface area contributed by atoms with Crippen LogP contribution in [0.2, 0.25) is 0 Å². The number of hydrogen-bond donors (Lipinski definition) is 2. The third-order valence-corrected chi connectivity index (χ3v) is 3.06. The Morgan fingerprint density at radius 3 is 2.79 bits per heavy atom. The summed E-state index contributed by atoms with van der Waals surface area (Å²) in [7, 11) is 1.72. The van der Waals surface area contributed by atoms with E-state index < -0.39 is 0 Å². The lowest BCUT2D eigenvalue weighted by atomic mass is 10.2. The number of pyridine rings is 1. The summed E-state index contributed by atoms with van der Waals surface area (Å²) in [6.45, 7) is 0. The normalized spacial score (nSPS) is 10.1. The molecule has 0 radical (unpaired) electrons. The Labute approximate surface area is 118 Å². The van der Waals surface area contributed by atoms with E-state index in [0.717, 1.165) is 0 Å². The maximum Gasteiger partial charge on any atom is 0.255 e. The standard InChI is InChI=1S/C13H11BrFN3O/c1-16-12-6-8(4-5-17-12)13(19)18-9-2-3-11(15)10(14)7-9/h2-7H,1H3,(H,16,17)(H,18,19). The van der Waals surface area contributed by atoms with Gasteiger partial charge in [-0.1, -0.05) is 0 Å². The van der Waals surface area contributed by atoms with E-state index in [0.29, 0.717) is 21.5 Å². The van der Waals surface area contributed by atoms with Crippen LogP contribution in [0.4, 0.5) is 15.9 Å². The van der Waals surface area contributed by atoms with Crippen molar-refractivity contribution < 1.29 is 9.18 Å². The highest BCUT2D eigenvalue weighted by molar-refractivity contribution is 9.10. The summed E-state index contributed by atoms with van der Waals surface area (Å²) in [6, 6.07) is 7.53. The molecule has 0 atom stereocenters. The predicted molar refractivity (Wildman–Crippen MR) is 75.8 cm³/mol. The summed E-state index contributed by atoms with van der Waals surface area (Å²) in [5.74, 6) is -0.0512. The molecular weight excluding hydrogens is 313 g/mol. The number of nitrogens with zero attached hydrogens (tertiary/aromatic N) is 1. The first-order valence-corrected chi connectivity index (χ1v) is 6.29. The Kier molecular flexibility index (Phi) is 4.11. The molecule has 2 aromatic rings. The van der Waals surface area contributed by atoms with E-state index in [1.807, 2.05) is 0 Å². The third-order valence-electron chi connectivity index (χ3n) is 2.46. The lowest BCUT2D eigenvalue weighted by molar-refractivity contribution is 0.102. The Bertz CT molecular complexity index is 619. The fourth-order valence-electron chi connectivity index (χ4n) is 1.49. The van der Waals surface area contributed by atoms with Gasteiger partial charge in [0, 0.05) is 24.5 Å². The van der Waals surface area contributed by atoms with Crippen LogP contribution < -0.4 is 10.6 Å². The highest BCUT2D eigenvalue weighted by Crippen LogP contribution is 2.20. The number of aromatic nitrogens is 1. The van der Waals surface area contributed by atoms with Crippen LogP contribution >= 0.6 is 15.9 Å². The molecule has 1 heterocycles. The maximum atomic E-state index is 13.1. The van der Waals surface area contributed by atoms with Gasteiger partial charge in [-0.2, -0.15) is 0 Å². The van der Waals surface area contributed by atoms with Crippen molar-refractivity contribution in [2.45, 2.75) is 0 Å². The van der Waals surface area contributed by atoms with E-state index in [9.17, 15) is 9.18 Å². The molecule has 0 saturated carbocycles. The Balaban J connectivity index is 2.18. The molecule has 6 heteroatoms. The van der Waals surface area contributed by atoms with Crippen LogP contribution in [-0.2, 0) is 0 Å². The zero-order valence-corrected chi connectivity index (χ0v) is 11.7. The smallest absolute Gasteiger partial charge is 0.255 e. The number of carbonyl (C=O) groups is 1. The van der Waals surface area contributed by atoms with E-state index in [1.165, 1.54) is 18.2 Å². The Hall–Kier alpha value is -1.95. The number of rotatable bonds is 3. The van der Waals surface area contributed by atoms with Crippen molar-refractivity contribution in [2.75, 3.05) is 17.7 Å². The topological polar surface area (TPSA) is 54.0 Å². The molecule has 19 heavy (non-hydrogen) atoms. The second-order valence-corrected chi connectivity index (χ2v) is 4.62. The molecule has 0 aliphatic rings. The van der Waals surface area contributed by atoms with Gasteiger partial charge in [0.25, 0.3) is 5.91 Å². The van der Waals surface area contributed by atoms with Gasteiger partial charge in [-0.25, -0.2) is 9.37 Å². The van der Waals surface area contributed by atoms with Gasteiger partial charge in [0.1, 0.15) is 11.6 Å². The Morgan fingerprint density at radius 1 is 1.32 bits per heavy atom. The van der Waals surface area contributed by atoms with Gasteiger partial charge in [0.2, 0.25) is 0 Å². The van der Waals surface area contributed by atoms with Crippen molar-refractivity contribution in [1.29, 1.82) is 0 Å². The fraction of sp³-hybridized carbons (Fsp3) is 0.0769. The molecule has 0 bridgehead atoms. The molecule has 98 valence electrons. The van der Waals surface area contributed by atoms with Crippen molar-refractivity contribution in [3.63, 3.8) is 0 Å². The molecule has 0 saturated heterocycles. The molecule has 0 unspecified atom stereocenters. The lowest BCUT2D eigenvalue weighted by Gasteiger charge is -2.07. The first-order chi connectivity index (χ1) is 9.10. The summed E-state index contributed by atoms with van der Waals surface area (Å²) in [4.78, 5) is 16.0. The summed E-state index contributed by atoms with van der Waals surface area (Å²) in [5.41, 5.74) is 0.987. The lowest BCUT2D eigenvalue weighted by Crippen LogP contribution is -2.12. The molecule has 1 aromatic heterocycles. The maximum absolute atomic E-state index is 13.1. The van der Waals surface area contributed by atoms with Gasteiger partial charge in [0.15, 0.2) is 0 Å². The first-order valence-electron chi connectivity index (χ1n) is 5.50. The van der Waals surface area contributed by atoms with Crippen molar-refractivity contribution in [3.8, 4) is 0 Å². The summed E-state index contributed by atoms with van der Waals surface area (Å²) >= 11 is 3.07. The molecule has 2 rings (SSSR count). The van der Waals surface area contributed by atoms with E-state index in [1.54, 1.807) is 25.4 Å². The summed E-state index contributed by atoms with van der Waals surface area (Å²) in [5, 5.41) is 5.54. The molecule has 4 nitrogen and oxygen atoms in total. The minimum Gasteiger partial charge on any atom is -0.373 e. The number of halogens is 2. The zero-order chi connectivity index (χ0) is 13.8. The van der Waals surface area contributed by atoms with Crippen LogP contribution in [0.25, 0.3) is 0 Å². The van der Waals surface area contributed by atoms with Crippen molar-refractivity contribution >= 4 is 33.3 Å². The van der Waals surface area contributed by atoms with Gasteiger partial charge in [-0.15, -0.1) is 0 Å². The van der Waals surface area contributed by atoms with Crippen molar-refractivity contribution in [2.24, 2.45) is 0 Å². The van der Waals surface area contributed by atoms with Gasteiger partial charge in [0.05, 0.1) is 4.47 Å². The second kappa shape index (κ2) is 5.79. The fourth-order valence-corrected chi connectivity index (χ4v) is 1.86. The number of nitrogens with one attached hydrogen (secondary N) is 2. The van der Waals surface area contributed by atoms with Gasteiger partial charge >= 0.3 is 0 Å². The van der Waals surface area contributed by atoms with Crippen LogP contribution in [-0.4, -0.2) is 17.9 Å². The van der Waals surface area contributed by atoms with E-state index in [2.05, 4.69) is 31.5 Å². The molecule has 0 aliphatic heterocycles. The summed E-state index contributed by atoms with van der Waals surface area (Å²) < 4.78 is 13.4. The number of hydrogen-bond acceptors (Lipinski definition) is 3. The van der Waals surface area contributed by atoms with Gasteiger partial charge in [-0.05, 0) is 46.3 Å². The first kappa shape index (κ1) is 13.5. The number of anilines is 2. The Morgan fingerprint density at radius 2 is 2.11 bits per heavy atom. The second-order valence-electron chi connectivity index (χ2n) is 3.76. The van der Waals surface area contributed by atoms with Crippen LogP contribution in [0.1, 0.15) is 10.4 Å². The molecule has 1 aromatic carbocycles. The quantitative estimate of drug-likeness (QED) is 0.911. The zero-order valence-electron chi connectivity index (χ0n) is 10.1.